The standard InChI is InChI=1S/C24H28N4O12/c25-20(35)19(18-11(9-30)16(33)22(39-18)28-6-5-15(32)27-24(28)37)40-23-17(34)13(31)7-14(38-23)21(36)26-12-4-2-1-3-10(12)8-29/h1-7,11,13,16-19,22-23,29-31,33-34H,8-9H2,(H2,25,35)(H,26,36)(H,27,32,37)/t11-,13-,16+,17-,18-,19+,22+,23+/m0/s1. The molecule has 0 unspecified atom stereocenters. The molecule has 1 fully saturated rings. The molecule has 2 aliphatic rings. The van der Waals surface area contributed by atoms with E-state index in [1.54, 1.807) is 18.2 Å². The Kier molecular flexibility index (Phi) is 8.79. The summed E-state index contributed by atoms with van der Waals surface area (Å²) in [6.07, 6.45) is -9.83. The number of amides is 2. The maximum atomic E-state index is 12.8. The highest BCUT2D eigenvalue weighted by molar-refractivity contribution is 6.02. The highest BCUT2D eigenvalue weighted by Crippen LogP contribution is 2.36. The van der Waals surface area contributed by atoms with E-state index < -0.39 is 84.4 Å². The predicted octanol–water partition coefficient (Wildman–Crippen LogP) is -3.63. The third-order valence-corrected chi connectivity index (χ3v) is 6.50. The van der Waals surface area contributed by atoms with Crippen LogP contribution in [0.3, 0.4) is 0 Å². The lowest BCUT2D eigenvalue weighted by Gasteiger charge is -2.35. The van der Waals surface area contributed by atoms with Crippen LogP contribution in [0.5, 0.6) is 0 Å². The normalized spacial score (nSPS) is 28.8. The minimum atomic E-state index is -1.86. The fraction of sp³-hybridized carbons (Fsp3) is 0.417. The Morgan fingerprint density at radius 1 is 1.12 bits per heavy atom. The SMILES string of the molecule is NC(=O)[C@H](O[C@H]1OC(C(=O)Nc2ccccc2CO)=C[C@H](O)[C@@H]1O)[C@H]1O[C@@H](n2ccc(=O)[nH]c2=O)[C@H](O)[C@@H]1CO. The number of nitrogens with one attached hydrogen (secondary N) is 2. The third-order valence-electron chi connectivity index (χ3n) is 6.50. The van der Waals surface area contributed by atoms with E-state index in [-0.39, 0.29) is 12.3 Å². The van der Waals surface area contributed by atoms with Gasteiger partial charge in [-0.2, -0.15) is 0 Å². The average molecular weight is 565 g/mol. The van der Waals surface area contributed by atoms with E-state index in [1.807, 2.05) is 4.98 Å². The lowest BCUT2D eigenvalue weighted by molar-refractivity contribution is -0.239. The van der Waals surface area contributed by atoms with Crippen LogP contribution in [0.4, 0.5) is 5.69 Å². The number of carbonyl (C=O) groups is 2. The van der Waals surface area contributed by atoms with Gasteiger partial charge < -0.3 is 50.8 Å². The Bertz CT molecular complexity index is 1390. The van der Waals surface area contributed by atoms with Crippen LogP contribution in [0, 0.1) is 5.92 Å². The first-order chi connectivity index (χ1) is 19.0. The zero-order valence-electron chi connectivity index (χ0n) is 20.7. The number of para-hydroxylation sites is 1. The number of anilines is 1. The largest absolute Gasteiger partial charge is 0.456 e. The molecule has 16 nitrogen and oxygen atoms in total. The molecule has 0 spiro atoms. The quantitative estimate of drug-likeness (QED) is 0.147. The summed E-state index contributed by atoms with van der Waals surface area (Å²) in [5.41, 5.74) is 4.48. The van der Waals surface area contributed by atoms with Crippen molar-refractivity contribution in [2.45, 2.75) is 49.6 Å². The second-order valence-electron chi connectivity index (χ2n) is 9.07. The van der Waals surface area contributed by atoms with Crippen LogP contribution in [0.1, 0.15) is 11.8 Å². The minimum absolute atomic E-state index is 0.246. The number of aliphatic hydroxyl groups excluding tert-OH is 5. The topological polar surface area (TPSA) is 256 Å². The number of aromatic nitrogens is 2. The average Bonchev–Trinajstić information content (AvgIpc) is 3.24. The van der Waals surface area contributed by atoms with E-state index in [2.05, 4.69) is 5.32 Å². The van der Waals surface area contributed by atoms with E-state index in [9.17, 15) is 44.7 Å². The number of nitrogens with two attached hydrogens (primary N) is 1. The number of hydrogen-bond donors (Lipinski definition) is 8. The van der Waals surface area contributed by atoms with Crippen molar-refractivity contribution >= 4 is 17.5 Å². The number of primary amides is 1. The van der Waals surface area contributed by atoms with Crippen molar-refractivity contribution in [1.29, 1.82) is 0 Å². The Hall–Kier alpha value is -3.90. The summed E-state index contributed by atoms with van der Waals surface area (Å²) < 4.78 is 17.5. The van der Waals surface area contributed by atoms with Gasteiger partial charge in [0.1, 0.15) is 24.4 Å². The van der Waals surface area contributed by atoms with Gasteiger partial charge in [-0.3, -0.25) is 23.9 Å². The molecule has 8 atom stereocenters. The second-order valence-corrected chi connectivity index (χ2v) is 9.07. The number of H-pyrrole nitrogens is 1. The van der Waals surface area contributed by atoms with Crippen LogP contribution in [0.2, 0.25) is 0 Å². The first kappa shape index (κ1) is 29.1. The van der Waals surface area contributed by atoms with E-state index in [4.69, 9.17) is 19.9 Å². The highest BCUT2D eigenvalue weighted by Gasteiger charge is 2.51. The molecule has 40 heavy (non-hydrogen) atoms. The maximum Gasteiger partial charge on any atom is 0.330 e. The number of rotatable bonds is 9. The Labute approximate surface area is 224 Å². The van der Waals surface area contributed by atoms with Crippen LogP contribution < -0.4 is 22.3 Å². The fourth-order valence-electron chi connectivity index (χ4n) is 4.42. The molecule has 16 heteroatoms. The van der Waals surface area contributed by atoms with Gasteiger partial charge in [0.25, 0.3) is 11.5 Å². The molecule has 4 rings (SSSR count). The summed E-state index contributed by atoms with van der Waals surface area (Å²) in [5.74, 6) is -3.81. The summed E-state index contributed by atoms with van der Waals surface area (Å²) in [6, 6.07) is 7.32. The summed E-state index contributed by atoms with van der Waals surface area (Å²) in [7, 11) is 0. The van der Waals surface area contributed by atoms with E-state index in [0.29, 0.717) is 5.56 Å². The molecular formula is C24H28N4O12. The van der Waals surface area contributed by atoms with Crippen molar-refractivity contribution < 1.29 is 49.3 Å². The first-order valence-electron chi connectivity index (χ1n) is 12.0. The van der Waals surface area contributed by atoms with Crippen molar-refractivity contribution in [2.75, 3.05) is 11.9 Å². The minimum Gasteiger partial charge on any atom is -0.456 e. The van der Waals surface area contributed by atoms with Gasteiger partial charge in [0.2, 0.25) is 12.2 Å². The smallest absolute Gasteiger partial charge is 0.330 e. The predicted molar refractivity (Wildman–Crippen MR) is 132 cm³/mol. The molecule has 0 aliphatic carbocycles. The van der Waals surface area contributed by atoms with Gasteiger partial charge in [-0.05, 0) is 12.1 Å². The number of aliphatic hydroxyl groups is 5. The molecule has 0 bridgehead atoms. The Morgan fingerprint density at radius 3 is 2.50 bits per heavy atom. The van der Waals surface area contributed by atoms with Gasteiger partial charge >= 0.3 is 5.69 Å². The molecule has 2 aromatic rings. The molecule has 216 valence electrons. The van der Waals surface area contributed by atoms with Crippen LogP contribution >= 0.6 is 0 Å². The Morgan fingerprint density at radius 2 is 1.85 bits per heavy atom. The number of ether oxygens (including phenoxy) is 3. The summed E-state index contributed by atoms with van der Waals surface area (Å²) in [5, 5.41) is 53.4. The van der Waals surface area contributed by atoms with E-state index >= 15 is 0 Å². The van der Waals surface area contributed by atoms with Crippen molar-refractivity contribution in [3.8, 4) is 0 Å². The van der Waals surface area contributed by atoms with Gasteiger partial charge in [0, 0.05) is 29.4 Å². The zero-order valence-corrected chi connectivity index (χ0v) is 20.7. The van der Waals surface area contributed by atoms with Gasteiger partial charge in [0.15, 0.2) is 18.1 Å². The molecule has 0 saturated carbocycles. The van der Waals surface area contributed by atoms with Crippen LogP contribution in [0.25, 0.3) is 0 Å². The lowest BCUT2D eigenvalue weighted by Crippen LogP contribution is -2.52. The molecule has 1 aromatic carbocycles. The molecule has 0 radical (unpaired) electrons. The van der Waals surface area contributed by atoms with Crippen LogP contribution in [0.15, 0.2) is 58.0 Å². The monoisotopic (exact) mass is 564 g/mol. The van der Waals surface area contributed by atoms with Crippen molar-refractivity contribution in [3.63, 3.8) is 0 Å². The second kappa shape index (κ2) is 12.1. The maximum absolute atomic E-state index is 12.8. The first-order valence-corrected chi connectivity index (χ1v) is 12.0. The van der Waals surface area contributed by atoms with Crippen LogP contribution in [-0.4, -0.2) is 90.3 Å². The fourth-order valence-corrected chi connectivity index (χ4v) is 4.42. The van der Waals surface area contributed by atoms with Gasteiger partial charge in [-0.25, -0.2) is 4.79 Å². The van der Waals surface area contributed by atoms with Gasteiger partial charge in [-0.1, -0.05) is 18.2 Å². The Balaban J connectivity index is 1.55. The lowest BCUT2D eigenvalue weighted by atomic mass is 9.94. The summed E-state index contributed by atoms with van der Waals surface area (Å²) in [4.78, 5) is 50.9. The van der Waals surface area contributed by atoms with E-state index in [0.717, 1.165) is 22.9 Å². The summed E-state index contributed by atoms with van der Waals surface area (Å²) >= 11 is 0. The number of aromatic amines is 1. The molecule has 9 N–H and O–H groups in total. The summed E-state index contributed by atoms with van der Waals surface area (Å²) in [6.45, 7) is -1.14. The van der Waals surface area contributed by atoms with Crippen molar-refractivity contribution in [3.05, 3.63) is 74.8 Å². The number of nitrogens with zero attached hydrogens (tertiary/aromatic N) is 1. The third kappa shape index (κ3) is 5.82. The zero-order chi connectivity index (χ0) is 29.1. The van der Waals surface area contributed by atoms with Crippen LogP contribution in [-0.2, 0) is 30.4 Å². The van der Waals surface area contributed by atoms with Gasteiger partial charge in [0.05, 0.1) is 13.2 Å². The number of carbonyl (C=O) groups excluding carboxylic acids is 2. The molecule has 2 amide bonds. The van der Waals surface area contributed by atoms with Crippen molar-refractivity contribution in [2.24, 2.45) is 11.7 Å². The molecule has 1 aromatic heterocycles. The van der Waals surface area contributed by atoms with E-state index in [1.165, 1.54) is 6.07 Å². The number of benzene rings is 1. The van der Waals surface area contributed by atoms with Crippen molar-refractivity contribution in [1.82, 2.24) is 9.55 Å². The molecule has 3 heterocycles. The van der Waals surface area contributed by atoms with Gasteiger partial charge in [-0.15, -0.1) is 0 Å². The molecular weight excluding hydrogens is 536 g/mol. The molecule has 2 aliphatic heterocycles. The highest BCUT2D eigenvalue weighted by atomic mass is 16.7. The molecule has 1 saturated heterocycles. The number of hydrogen-bond acceptors (Lipinski definition) is 12.